The second-order valence-electron chi connectivity index (χ2n) is 6.48. The van der Waals surface area contributed by atoms with Gasteiger partial charge in [-0.1, -0.05) is 0 Å². The fourth-order valence-corrected chi connectivity index (χ4v) is 3.63. The van der Waals surface area contributed by atoms with Gasteiger partial charge in [0.25, 0.3) is 0 Å². The topological polar surface area (TPSA) is 103 Å². The van der Waals surface area contributed by atoms with Crippen LogP contribution in [0.4, 0.5) is 5.82 Å². The first kappa shape index (κ1) is 17.9. The molecule has 146 valence electrons. The number of anilines is 1. The number of methoxy groups -OCH3 is 3. The minimum absolute atomic E-state index is 0.0940. The first-order valence-corrected chi connectivity index (χ1v) is 8.73. The molecule has 1 aliphatic rings. The summed E-state index contributed by atoms with van der Waals surface area (Å²) in [7, 11) is 6.61. The minimum Gasteiger partial charge on any atom is -0.493 e. The molecule has 4 rings (SSSR count). The maximum Gasteiger partial charge on any atom is 0.226 e. The number of hydrogen-bond donors (Lipinski definition) is 2. The van der Waals surface area contributed by atoms with Crippen molar-refractivity contribution in [2.45, 2.75) is 12.3 Å². The fourth-order valence-electron chi connectivity index (χ4n) is 3.63. The Hall–Kier alpha value is -3.49. The van der Waals surface area contributed by atoms with E-state index in [4.69, 9.17) is 14.2 Å². The lowest BCUT2D eigenvalue weighted by Crippen LogP contribution is -2.25. The Balaban J connectivity index is 1.90. The number of carbonyl (C=O) groups is 1. The summed E-state index contributed by atoms with van der Waals surface area (Å²) in [5.74, 6) is 2.57. The van der Waals surface area contributed by atoms with Crippen LogP contribution in [0.5, 0.6) is 17.2 Å². The molecule has 9 nitrogen and oxygen atoms in total. The van der Waals surface area contributed by atoms with Crippen LogP contribution in [0.15, 0.2) is 24.5 Å². The molecule has 0 radical (unpaired) electrons. The molecule has 28 heavy (non-hydrogen) atoms. The van der Waals surface area contributed by atoms with Crippen LogP contribution >= 0.6 is 0 Å². The molecule has 1 amide bonds. The number of amides is 1. The van der Waals surface area contributed by atoms with Gasteiger partial charge >= 0.3 is 0 Å². The second kappa shape index (κ2) is 6.91. The summed E-state index contributed by atoms with van der Waals surface area (Å²) in [6.07, 6.45) is 3.87. The summed E-state index contributed by atoms with van der Waals surface area (Å²) in [6, 6.07) is 3.70. The highest BCUT2D eigenvalue weighted by atomic mass is 16.5. The Kier molecular flexibility index (Phi) is 4.42. The van der Waals surface area contributed by atoms with Crippen molar-refractivity contribution >= 4 is 11.7 Å². The summed E-state index contributed by atoms with van der Waals surface area (Å²) in [5.41, 5.74) is 2.45. The van der Waals surface area contributed by atoms with E-state index in [0.29, 0.717) is 23.1 Å². The number of ether oxygens (including phenoxy) is 3. The molecule has 2 aromatic heterocycles. The summed E-state index contributed by atoms with van der Waals surface area (Å²) in [4.78, 5) is 16.7. The van der Waals surface area contributed by atoms with E-state index in [2.05, 4.69) is 20.5 Å². The molecule has 1 aliphatic heterocycles. The molecule has 1 aromatic carbocycles. The Labute approximate surface area is 161 Å². The number of hydrogen-bond acceptors (Lipinski definition) is 6. The molecule has 9 heteroatoms. The monoisotopic (exact) mass is 383 g/mol. The highest BCUT2D eigenvalue weighted by Crippen LogP contribution is 2.45. The van der Waals surface area contributed by atoms with Gasteiger partial charge in [0.1, 0.15) is 5.82 Å². The molecule has 0 saturated carbocycles. The third kappa shape index (κ3) is 2.75. The zero-order chi connectivity index (χ0) is 19.8. The average molecular weight is 383 g/mol. The van der Waals surface area contributed by atoms with Crippen LogP contribution in [0.2, 0.25) is 0 Å². The van der Waals surface area contributed by atoms with Crippen LogP contribution in [0.25, 0.3) is 11.3 Å². The van der Waals surface area contributed by atoms with Gasteiger partial charge in [-0.3, -0.25) is 9.89 Å². The summed E-state index contributed by atoms with van der Waals surface area (Å²) in [6.45, 7) is 0. The number of fused-ring (bicyclic) bond motifs is 1. The van der Waals surface area contributed by atoms with Gasteiger partial charge in [0, 0.05) is 37.0 Å². The van der Waals surface area contributed by atoms with E-state index in [1.54, 1.807) is 27.5 Å². The molecule has 2 N–H and O–H groups in total. The smallest absolute Gasteiger partial charge is 0.226 e. The molecule has 1 atom stereocenters. The lowest BCUT2D eigenvalue weighted by atomic mass is 9.89. The van der Waals surface area contributed by atoms with E-state index in [1.165, 1.54) is 0 Å². The molecule has 0 fully saturated rings. The molecular formula is C19H21N5O4. The molecule has 3 heterocycles. The minimum atomic E-state index is -0.225. The Morgan fingerprint density at radius 3 is 2.43 bits per heavy atom. The van der Waals surface area contributed by atoms with E-state index in [1.807, 2.05) is 29.9 Å². The number of aryl methyl sites for hydroxylation is 1. The van der Waals surface area contributed by atoms with Crippen molar-refractivity contribution in [3.05, 3.63) is 35.9 Å². The standard InChI is InChI=1S/C19H21N5O4/c1-24-6-5-20-19(24)11-9-14(25)21-18-15(11)16(22-23-18)10-7-12(26-2)17(28-4)13(8-10)27-3/h5-8,11H,9H2,1-4H3,(H2,21,22,23,25). The third-order valence-electron chi connectivity index (χ3n) is 4.92. The van der Waals surface area contributed by atoms with Crippen LogP contribution in [-0.2, 0) is 11.8 Å². The van der Waals surface area contributed by atoms with Crippen LogP contribution in [0.1, 0.15) is 23.7 Å². The van der Waals surface area contributed by atoms with Gasteiger partial charge in [-0.05, 0) is 12.1 Å². The zero-order valence-electron chi connectivity index (χ0n) is 16.1. The quantitative estimate of drug-likeness (QED) is 0.701. The lowest BCUT2D eigenvalue weighted by Gasteiger charge is -2.23. The van der Waals surface area contributed by atoms with Crippen molar-refractivity contribution in [3.63, 3.8) is 0 Å². The zero-order valence-corrected chi connectivity index (χ0v) is 16.1. The Morgan fingerprint density at radius 1 is 1.14 bits per heavy atom. The van der Waals surface area contributed by atoms with Crippen molar-refractivity contribution in [1.29, 1.82) is 0 Å². The first-order valence-electron chi connectivity index (χ1n) is 8.73. The largest absolute Gasteiger partial charge is 0.493 e. The summed E-state index contributed by atoms with van der Waals surface area (Å²) >= 11 is 0. The number of carbonyl (C=O) groups excluding carboxylic acids is 1. The highest BCUT2D eigenvalue weighted by molar-refractivity contribution is 5.96. The van der Waals surface area contributed by atoms with Crippen LogP contribution < -0.4 is 19.5 Å². The van der Waals surface area contributed by atoms with E-state index in [-0.39, 0.29) is 18.2 Å². The number of aromatic amines is 1. The van der Waals surface area contributed by atoms with Crippen molar-refractivity contribution in [2.24, 2.45) is 7.05 Å². The van der Waals surface area contributed by atoms with Crippen LogP contribution in [0, 0.1) is 0 Å². The number of benzene rings is 1. The normalized spacial score (nSPS) is 15.7. The lowest BCUT2D eigenvalue weighted by molar-refractivity contribution is -0.116. The van der Waals surface area contributed by atoms with Crippen molar-refractivity contribution in [2.75, 3.05) is 26.6 Å². The van der Waals surface area contributed by atoms with Crippen molar-refractivity contribution in [1.82, 2.24) is 19.7 Å². The van der Waals surface area contributed by atoms with Gasteiger partial charge in [0.15, 0.2) is 17.3 Å². The van der Waals surface area contributed by atoms with E-state index < -0.39 is 0 Å². The summed E-state index contributed by atoms with van der Waals surface area (Å²) in [5, 5.41) is 10.2. The van der Waals surface area contributed by atoms with Crippen LogP contribution in [0.3, 0.4) is 0 Å². The average Bonchev–Trinajstić information content (AvgIpc) is 3.32. The Bertz CT molecular complexity index is 1010. The molecule has 0 bridgehead atoms. The van der Waals surface area contributed by atoms with Gasteiger partial charge in [-0.25, -0.2) is 4.98 Å². The molecule has 0 aliphatic carbocycles. The van der Waals surface area contributed by atoms with Crippen molar-refractivity contribution < 1.29 is 19.0 Å². The maximum absolute atomic E-state index is 12.2. The number of aromatic nitrogens is 4. The molecular weight excluding hydrogens is 362 g/mol. The third-order valence-corrected chi connectivity index (χ3v) is 4.92. The van der Waals surface area contributed by atoms with E-state index in [9.17, 15) is 4.79 Å². The fraction of sp³-hybridized carbons (Fsp3) is 0.316. The van der Waals surface area contributed by atoms with Gasteiger partial charge in [-0.15, -0.1) is 0 Å². The van der Waals surface area contributed by atoms with Crippen molar-refractivity contribution in [3.8, 4) is 28.5 Å². The molecule has 0 saturated heterocycles. The molecule has 3 aromatic rings. The predicted octanol–water partition coefficient (Wildman–Crippen LogP) is 2.31. The molecule has 1 unspecified atom stereocenters. The van der Waals surface area contributed by atoms with Gasteiger partial charge in [-0.2, -0.15) is 5.10 Å². The second-order valence-corrected chi connectivity index (χ2v) is 6.48. The van der Waals surface area contributed by atoms with Gasteiger partial charge in [0.05, 0.1) is 32.9 Å². The van der Waals surface area contributed by atoms with Crippen LogP contribution in [-0.4, -0.2) is 47.0 Å². The Morgan fingerprint density at radius 2 is 1.86 bits per heavy atom. The number of imidazole rings is 1. The summed E-state index contributed by atoms with van der Waals surface area (Å²) < 4.78 is 18.3. The SMILES string of the molecule is COc1cc(-c2[nH]nc3c2C(c2nccn2C)CC(=O)N3)cc(OC)c1OC. The highest BCUT2D eigenvalue weighted by Gasteiger charge is 2.34. The maximum atomic E-state index is 12.2. The predicted molar refractivity (Wildman–Crippen MR) is 102 cm³/mol. The number of rotatable bonds is 5. The molecule has 0 spiro atoms. The number of nitrogens with one attached hydrogen (secondary N) is 2. The van der Waals surface area contributed by atoms with E-state index in [0.717, 1.165) is 22.6 Å². The van der Waals surface area contributed by atoms with Gasteiger partial charge in [0.2, 0.25) is 11.7 Å². The first-order chi connectivity index (χ1) is 13.6. The number of H-pyrrole nitrogens is 1. The van der Waals surface area contributed by atoms with E-state index >= 15 is 0 Å². The number of nitrogens with zero attached hydrogens (tertiary/aromatic N) is 3. The van der Waals surface area contributed by atoms with Gasteiger partial charge < -0.3 is 24.1 Å².